The van der Waals surface area contributed by atoms with Gasteiger partial charge in [-0.25, -0.2) is 13.4 Å². The topological polar surface area (TPSA) is 74.1 Å². The molecular weight excluding hydrogens is 416 g/mol. The standard InChI is InChI=1S/C19H19ClN4O2S2/c1-12-9-14-10-13(3-8-18(14)24(12)28(2,25)26)17-11-27-19(23-22-17)21-16-6-4-15(20)5-7-16/h3-8,10,12H,9,11H2,1-2H3,(H,21,23)/t12-/m1/s1. The second kappa shape index (κ2) is 7.42. The van der Waals surface area contributed by atoms with Gasteiger partial charge in [0.1, 0.15) is 0 Å². The number of fused-ring (bicyclic) bond motifs is 1. The minimum atomic E-state index is -3.28. The number of thioether (sulfide) groups is 1. The van der Waals surface area contributed by atoms with E-state index in [9.17, 15) is 8.42 Å². The normalized spacial score (nSPS) is 20.7. The van der Waals surface area contributed by atoms with Crippen LogP contribution in [0, 0.1) is 0 Å². The summed E-state index contributed by atoms with van der Waals surface area (Å²) >= 11 is 7.47. The average molecular weight is 435 g/mol. The van der Waals surface area contributed by atoms with Crippen molar-refractivity contribution in [3.8, 4) is 0 Å². The second-order valence-electron chi connectivity index (χ2n) is 6.81. The van der Waals surface area contributed by atoms with Crippen LogP contribution in [-0.4, -0.2) is 37.3 Å². The van der Waals surface area contributed by atoms with E-state index in [4.69, 9.17) is 11.6 Å². The predicted molar refractivity (Wildman–Crippen MR) is 118 cm³/mol. The van der Waals surface area contributed by atoms with Crippen molar-refractivity contribution in [2.75, 3.05) is 16.3 Å². The zero-order valence-electron chi connectivity index (χ0n) is 15.4. The predicted octanol–water partition coefficient (Wildman–Crippen LogP) is 3.78. The maximum atomic E-state index is 12.1. The van der Waals surface area contributed by atoms with Crippen LogP contribution in [0.5, 0.6) is 0 Å². The fraction of sp³-hybridized carbons (Fsp3) is 0.263. The number of aliphatic imine (C=N–C) groups is 1. The molecule has 28 heavy (non-hydrogen) atoms. The van der Waals surface area contributed by atoms with Crippen LogP contribution in [-0.2, 0) is 16.4 Å². The highest BCUT2D eigenvalue weighted by Gasteiger charge is 2.32. The molecule has 0 saturated heterocycles. The first kappa shape index (κ1) is 19.3. The number of amidine groups is 1. The molecule has 6 nitrogen and oxygen atoms in total. The summed E-state index contributed by atoms with van der Waals surface area (Å²) in [6.45, 7) is 1.93. The number of nitrogens with zero attached hydrogens (tertiary/aromatic N) is 3. The highest BCUT2D eigenvalue weighted by atomic mass is 35.5. The number of hydrazone groups is 1. The quantitative estimate of drug-likeness (QED) is 0.797. The lowest BCUT2D eigenvalue weighted by molar-refractivity contribution is 0.590. The van der Waals surface area contributed by atoms with Gasteiger partial charge in [-0.1, -0.05) is 29.4 Å². The molecule has 0 fully saturated rings. The Kier molecular flexibility index (Phi) is 5.11. The number of sulfonamides is 1. The number of nitrogens with one attached hydrogen (secondary N) is 1. The molecule has 2 aliphatic rings. The third-order valence-electron chi connectivity index (χ3n) is 4.61. The molecule has 0 aliphatic carbocycles. The number of hydrogen-bond donors (Lipinski definition) is 1. The van der Waals surface area contributed by atoms with Gasteiger partial charge in [-0.05, 0) is 60.9 Å². The Morgan fingerprint density at radius 2 is 2.00 bits per heavy atom. The van der Waals surface area contributed by atoms with Gasteiger partial charge in [0, 0.05) is 16.8 Å². The zero-order chi connectivity index (χ0) is 19.9. The van der Waals surface area contributed by atoms with Crippen LogP contribution in [0.2, 0.25) is 5.02 Å². The van der Waals surface area contributed by atoms with Gasteiger partial charge in [-0.3, -0.25) is 9.73 Å². The van der Waals surface area contributed by atoms with E-state index in [0.717, 1.165) is 33.4 Å². The molecule has 1 atom stereocenters. The average Bonchev–Trinajstić information content (AvgIpc) is 2.99. The van der Waals surface area contributed by atoms with Crippen molar-refractivity contribution < 1.29 is 8.42 Å². The molecule has 0 spiro atoms. The van der Waals surface area contributed by atoms with E-state index in [1.54, 1.807) is 23.9 Å². The van der Waals surface area contributed by atoms with E-state index in [1.165, 1.54) is 10.6 Å². The van der Waals surface area contributed by atoms with Gasteiger partial charge < -0.3 is 0 Å². The molecule has 9 heteroatoms. The molecule has 2 aromatic rings. The summed E-state index contributed by atoms with van der Waals surface area (Å²) in [4.78, 5) is 4.52. The van der Waals surface area contributed by atoms with E-state index in [0.29, 0.717) is 17.2 Å². The Hall–Kier alpha value is -2.03. The monoisotopic (exact) mass is 434 g/mol. The second-order valence-corrected chi connectivity index (χ2v) is 10.1. The van der Waals surface area contributed by atoms with E-state index >= 15 is 0 Å². The molecule has 0 bridgehead atoms. The van der Waals surface area contributed by atoms with Crippen molar-refractivity contribution in [2.45, 2.75) is 19.4 Å². The lowest BCUT2D eigenvalue weighted by Crippen LogP contribution is -2.34. The number of halogens is 1. The van der Waals surface area contributed by atoms with Gasteiger partial charge in [-0.15, -0.1) is 0 Å². The Morgan fingerprint density at radius 1 is 1.25 bits per heavy atom. The van der Waals surface area contributed by atoms with Crippen LogP contribution in [0.15, 0.2) is 52.6 Å². The van der Waals surface area contributed by atoms with Crippen molar-refractivity contribution in [1.29, 1.82) is 0 Å². The number of hydrogen-bond acceptors (Lipinski definition) is 5. The van der Waals surface area contributed by atoms with E-state index in [1.807, 2.05) is 37.3 Å². The smallest absolute Gasteiger partial charge is 0.232 e. The molecule has 0 unspecified atom stereocenters. The van der Waals surface area contributed by atoms with Crippen molar-refractivity contribution in [1.82, 2.24) is 5.43 Å². The highest BCUT2D eigenvalue weighted by Crippen LogP contribution is 2.35. The summed E-state index contributed by atoms with van der Waals surface area (Å²) in [6, 6.07) is 13.1. The number of rotatable bonds is 3. The summed E-state index contributed by atoms with van der Waals surface area (Å²) in [5.41, 5.74) is 7.51. The molecule has 2 aliphatic heterocycles. The van der Waals surface area contributed by atoms with Crippen molar-refractivity contribution in [3.05, 3.63) is 58.6 Å². The molecule has 146 valence electrons. The SMILES string of the molecule is C[C@@H]1Cc2cc(C3=NNC(=Nc4ccc(Cl)cc4)SC3)ccc2N1S(C)(=O)=O. The van der Waals surface area contributed by atoms with Gasteiger partial charge in [0.25, 0.3) is 0 Å². The maximum absolute atomic E-state index is 12.1. The molecule has 0 radical (unpaired) electrons. The van der Waals surface area contributed by atoms with Crippen LogP contribution in [0.3, 0.4) is 0 Å². The van der Waals surface area contributed by atoms with E-state index in [2.05, 4.69) is 15.5 Å². The van der Waals surface area contributed by atoms with E-state index < -0.39 is 10.0 Å². The Labute approximate surface area is 173 Å². The minimum Gasteiger partial charge on any atom is -0.267 e. The third-order valence-corrected chi connectivity index (χ3v) is 7.01. The first-order valence-electron chi connectivity index (χ1n) is 8.73. The summed E-state index contributed by atoms with van der Waals surface area (Å²) in [5, 5.41) is 5.87. The Morgan fingerprint density at radius 3 is 2.64 bits per heavy atom. The van der Waals surface area contributed by atoms with Crippen LogP contribution >= 0.6 is 23.4 Å². The lowest BCUT2D eigenvalue weighted by Gasteiger charge is -2.22. The lowest BCUT2D eigenvalue weighted by atomic mass is 10.0. The summed E-state index contributed by atoms with van der Waals surface area (Å²) in [7, 11) is -3.28. The van der Waals surface area contributed by atoms with Gasteiger partial charge >= 0.3 is 0 Å². The van der Waals surface area contributed by atoms with Crippen LogP contribution in [0.4, 0.5) is 11.4 Å². The van der Waals surface area contributed by atoms with Gasteiger partial charge in [0.05, 0.1) is 23.3 Å². The first-order valence-corrected chi connectivity index (χ1v) is 11.9. The highest BCUT2D eigenvalue weighted by molar-refractivity contribution is 8.14. The van der Waals surface area contributed by atoms with Crippen LogP contribution in [0.25, 0.3) is 0 Å². The number of benzene rings is 2. The molecule has 2 aromatic carbocycles. The molecule has 0 amide bonds. The summed E-state index contributed by atoms with van der Waals surface area (Å²) < 4.78 is 25.6. The van der Waals surface area contributed by atoms with Crippen molar-refractivity contribution in [2.24, 2.45) is 10.1 Å². The third kappa shape index (κ3) is 3.90. The summed E-state index contributed by atoms with van der Waals surface area (Å²) in [6.07, 6.45) is 1.95. The van der Waals surface area contributed by atoms with Gasteiger partial charge in [0.15, 0.2) is 5.17 Å². The minimum absolute atomic E-state index is 0.0702. The number of anilines is 1. The van der Waals surface area contributed by atoms with Crippen LogP contribution < -0.4 is 9.73 Å². The van der Waals surface area contributed by atoms with Crippen LogP contribution in [0.1, 0.15) is 18.1 Å². The van der Waals surface area contributed by atoms with Crippen molar-refractivity contribution >= 4 is 55.6 Å². The fourth-order valence-corrected chi connectivity index (χ4v) is 5.62. The van der Waals surface area contributed by atoms with Crippen molar-refractivity contribution in [3.63, 3.8) is 0 Å². The molecule has 1 N–H and O–H groups in total. The van der Waals surface area contributed by atoms with Gasteiger partial charge in [0.2, 0.25) is 10.0 Å². The maximum Gasteiger partial charge on any atom is 0.232 e. The van der Waals surface area contributed by atoms with Gasteiger partial charge in [-0.2, -0.15) is 5.10 Å². The first-order chi connectivity index (χ1) is 13.3. The summed E-state index contributed by atoms with van der Waals surface area (Å²) in [5.74, 6) is 0.684. The fourth-order valence-electron chi connectivity index (χ4n) is 3.44. The van der Waals surface area contributed by atoms with E-state index in [-0.39, 0.29) is 6.04 Å². The zero-order valence-corrected chi connectivity index (χ0v) is 17.8. The molecular formula is C19H19ClN4O2S2. The molecule has 2 heterocycles. The largest absolute Gasteiger partial charge is 0.267 e. The Balaban J connectivity index is 1.54. The molecule has 4 rings (SSSR count). The molecule has 0 aromatic heterocycles. The molecule has 0 saturated carbocycles. The Bertz CT molecular complexity index is 1080.